The molecule has 0 heterocycles. The molecule has 5 aliphatic rings. The van der Waals surface area contributed by atoms with Crippen molar-refractivity contribution in [2.75, 3.05) is 6.61 Å². The second-order valence-electron chi connectivity index (χ2n) is 14.6. The highest BCUT2D eigenvalue weighted by Gasteiger charge is 2.69. The van der Waals surface area contributed by atoms with Crippen molar-refractivity contribution in [2.45, 2.75) is 93.4 Å². The van der Waals surface area contributed by atoms with Crippen molar-refractivity contribution in [3.8, 4) is 6.07 Å². The van der Waals surface area contributed by atoms with Gasteiger partial charge >= 0.3 is 5.97 Å². The summed E-state index contributed by atoms with van der Waals surface area (Å²) < 4.78 is 5.69. The summed E-state index contributed by atoms with van der Waals surface area (Å²) in [5.74, 6) is -0.183. The summed E-state index contributed by atoms with van der Waals surface area (Å²) in [7, 11) is 0. The van der Waals surface area contributed by atoms with Crippen LogP contribution in [0, 0.1) is 62.1 Å². The zero-order valence-corrected chi connectivity index (χ0v) is 23.7. The molecule has 0 amide bonds. The van der Waals surface area contributed by atoms with Crippen molar-refractivity contribution in [1.29, 1.82) is 5.26 Å². The Hall–Kier alpha value is -2.22. The minimum atomic E-state index is -0.479. The van der Waals surface area contributed by atoms with Crippen molar-refractivity contribution >= 4 is 17.5 Å². The molecule has 0 N–H and O–H groups in total. The van der Waals surface area contributed by atoms with Gasteiger partial charge in [0, 0.05) is 29.6 Å². The number of ketones is 2. The molecule has 37 heavy (non-hydrogen) atoms. The maximum absolute atomic E-state index is 14.4. The molecule has 0 aliphatic heterocycles. The fourth-order valence-electron chi connectivity index (χ4n) is 9.86. The van der Waals surface area contributed by atoms with Crippen LogP contribution >= 0.6 is 0 Å². The lowest BCUT2D eigenvalue weighted by Crippen LogP contribution is -2.64. The Labute approximate surface area is 222 Å². The third-order valence-corrected chi connectivity index (χ3v) is 12.3. The molecular formula is C32H43NO4. The number of carbonyl (C=O) groups excluding carboxylic acids is 3. The van der Waals surface area contributed by atoms with E-state index in [-0.39, 0.29) is 68.4 Å². The SMILES string of the molecule is CC(=O)OC[C@]12CCC(C)(C)CC1C1C(=O)C=C3[C@@]4(C)C=C(C#N)C(=O)[C@@H](C)[C@@H]4CC[C@@]3(C)[C@]1(C)CC2. The number of hydrogen-bond acceptors (Lipinski definition) is 5. The number of esters is 1. The topological polar surface area (TPSA) is 84.2 Å². The van der Waals surface area contributed by atoms with Crippen LogP contribution in [0.2, 0.25) is 0 Å². The van der Waals surface area contributed by atoms with Gasteiger partial charge in [0.05, 0.1) is 12.2 Å². The first-order valence-electron chi connectivity index (χ1n) is 14.2. The second kappa shape index (κ2) is 8.14. The maximum Gasteiger partial charge on any atom is 0.302 e. The molecule has 0 spiro atoms. The summed E-state index contributed by atoms with van der Waals surface area (Å²) in [6.07, 6.45) is 10.6. The minimum absolute atomic E-state index is 0.0576. The summed E-state index contributed by atoms with van der Waals surface area (Å²) in [4.78, 5) is 39.1. The van der Waals surface area contributed by atoms with Gasteiger partial charge in [-0.2, -0.15) is 5.26 Å². The summed E-state index contributed by atoms with van der Waals surface area (Å²) in [5, 5.41) is 9.77. The number of ether oxygens (including phenoxy) is 1. The van der Waals surface area contributed by atoms with Crippen LogP contribution < -0.4 is 0 Å². The molecule has 0 radical (unpaired) electrons. The van der Waals surface area contributed by atoms with E-state index in [9.17, 15) is 19.6 Å². The maximum atomic E-state index is 14.4. The summed E-state index contributed by atoms with van der Waals surface area (Å²) in [6.45, 7) is 15.3. The van der Waals surface area contributed by atoms with Gasteiger partial charge in [-0.1, -0.05) is 53.2 Å². The van der Waals surface area contributed by atoms with E-state index in [0.717, 1.165) is 50.5 Å². The van der Waals surface area contributed by atoms with Crippen LogP contribution in [0.25, 0.3) is 0 Å². The van der Waals surface area contributed by atoms with Gasteiger partial charge in [0.2, 0.25) is 0 Å². The predicted molar refractivity (Wildman–Crippen MR) is 141 cm³/mol. The third kappa shape index (κ3) is 3.50. The lowest BCUT2D eigenvalue weighted by atomic mass is 9.35. The largest absolute Gasteiger partial charge is 0.465 e. The van der Waals surface area contributed by atoms with Gasteiger partial charge in [-0.25, -0.2) is 0 Å². The predicted octanol–water partition coefficient (Wildman–Crippen LogP) is 6.38. The van der Waals surface area contributed by atoms with E-state index < -0.39 is 5.41 Å². The Balaban J connectivity index is 1.65. The standard InChI is InChI=1S/C32H43NO4/c1-19-22-8-9-30(6)25(29(22,5)15-21(17-33)27(19)36)14-24(35)26-23-16-28(3,4)10-12-32(23,18-37-20(2)34)13-11-31(26,30)7/h14-15,19,22-23,26H,8-13,16,18H2,1-7H3/t19-,22-,23?,26?,29-,30+,31+,32+/m0/s1. The van der Waals surface area contributed by atoms with Crippen LogP contribution in [0.5, 0.6) is 0 Å². The van der Waals surface area contributed by atoms with Crippen molar-refractivity contribution in [3.63, 3.8) is 0 Å². The van der Waals surface area contributed by atoms with Crippen molar-refractivity contribution in [3.05, 3.63) is 23.3 Å². The van der Waals surface area contributed by atoms with E-state index >= 15 is 0 Å². The van der Waals surface area contributed by atoms with Gasteiger partial charge < -0.3 is 4.74 Å². The normalized spacial score (nSPS) is 46.2. The molecular weight excluding hydrogens is 462 g/mol. The van der Waals surface area contributed by atoms with Crippen LogP contribution in [-0.4, -0.2) is 24.1 Å². The molecule has 2 unspecified atom stereocenters. The Kier molecular flexibility index (Phi) is 5.81. The second-order valence-corrected chi connectivity index (χ2v) is 14.6. The molecule has 0 aromatic heterocycles. The van der Waals surface area contributed by atoms with Crippen molar-refractivity contribution in [1.82, 2.24) is 0 Å². The fourth-order valence-corrected chi connectivity index (χ4v) is 9.86. The molecule has 3 saturated carbocycles. The van der Waals surface area contributed by atoms with Gasteiger partial charge in [0.15, 0.2) is 11.6 Å². The Morgan fingerprint density at radius 1 is 1.05 bits per heavy atom. The monoisotopic (exact) mass is 505 g/mol. The smallest absolute Gasteiger partial charge is 0.302 e. The highest BCUT2D eigenvalue weighted by atomic mass is 16.5. The molecule has 5 rings (SSSR count). The average Bonchev–Trinajstić information content (AvgIpc) is 2.82. The summed E-state index contributed by atoms with van der Waals surface area (Å²) in [5.41, 5.74) is 0.454. The molecule has 0 saturated heterocycles. The average molecular weight is 506 g/mol. The molecule has 5 aliphatic carbocycles. The summed E-state index contributed by atoms with van der Waals surface area (Å²) >= 11 is 0. The lowest BCUT2D eigenvalue weighted by molar-refractivity contribution is -0.183. The van der Waals surface area contributed by atoms with Crippen LogP contribution in [0.3, 0.4) is 0 Å². The number of fused-ring (bicyclic) bond motifs is 7. The Morgan fingerprint density at radius 2 is 1.73 bits per heavy atom. The number of nitrogens with zero attached hydrogens (tertiary/aromatic N) is 1. The van der Waals surface area contributed by atoms with Crippen molar-refractivity contribution < 1.29 is 19.1 Å². The quantitative estimate of drug-likeness (QED) is 0.407. The van der Waals surface area contributed by atoms with Gasteiger partial charge in [-0.05, 0) is 79.1 Å². The molecule has 5 nitrogen and oxygen atoms in total. The Morgan fingerprint density at radius 3 is 2.38 bits per heavy atom. The summed E-state index contributed by atoms with van der Waals surface area (Å²) in [6, 6.07) is 2.16. The number of carbonyl (C=O) groups is 3. The number of Topliss-reactive ketones (excluding diaryl/α,β-unsaturated/α-hetero) is 1. The third-order valence-electron chi connectivity index (χ3n) is 12.3. The molecule has 3 fully saturated rings. The van der Waals surface area contributed by atoms with E-state index in [2.05, 4.69) is 40.7 Å². The highest BCUT2D eigenvalue weighted by Crippen LogP contribution is 2.73. The fraction of sp³-hybridized carbons (Fsp3) is 0.750. The van der Waals surface area contributed by atoms with Crippen LogP contribution in [-0.2, 0) is 19.1 Å². The van der Waals surface area contributed by atoms with Crippen LogP contribution in [0.1, 0.15) is 93.4 Å². The molecule has 5 heteroatoms. The van der Waals surface area contributed by atoms with E-state index in [4.69, 9.17) is 4.74 Å². The van der Waals surface area contributed by atoms with Gasteiger partial charge in [-0.15, -0.1) is 0 Å². The number of rotatable bonds is 2. The van der Waals surface area contributed by atoms with Gasteiger partial charge in [-0.3, -0.25) is 14.4 Å². The molecule has 0 aromatic rings. The number of nitriles is 1. The molecule has 200 valence electrons. The first-order valence-corrected chi connectivity index (χ1v) is 14.2. The zero-order chi connectivity index (χ0) is 27.2. The molecule has 0 bridgehead atoms. The minimum Gasteiger partial charge on any atom is -0.465 e. The van der Waals surface area contributed by atoms with E-state index in [1.54, 1.807) is 0 Å². The van der Waals surface area contributed by atoms with Crippen LogP contribution in [0.4, 0.5) is 0 Å². The molecule has 0 aromatic carbocycles. The van der Waals surface area contributed by atoms with Crippen LogP contribution in [0.15, 0.2) is 23.3 Å². The highest BCUT2D eigenvalue weighted by molar-refractivity contribution is 6.02. The lowest BCUT2D eigenvalue weighted by Gasteiger charge is -2.68. The molecule has 8 atom stereocenters. The first-order chi connectivity index (χ1) is 17.1. The Bertz CT molecular complexity index is 1170. The number of hydrogen-bond donors (Lipinski definition) is 0. The van der Waals surface area contributed by atoms with Gasteiger partial charge in [0.1, 0.15) is 6.07 Å². The van der Waals surface area contributed by atoms with Gasteiger partial charge in [0.25, 0.3) is 0 Å². The van der Waals surface area contributed by atoms with E-state index in [1.807, 2.05) is 19.1 Å². The zero-order valence-electron chi connectivity index (χ0n) is 23.7. The first kappa shape index (κ1) is 26.4. The van der Waals surface area contributed by atoms with Crippen molar-refractivity contribution in [2.24, 2.45) is 50.7 Å². The van der Waals surface area contributed by atoms with E-state index in [1.165, 1.54) is 6.92 Å². The number of allylic oxidation sites excluding steroid dienone is 4. The van der Waals surface area contributed by atoms with E-state index in [0.29, 0.717) is 6.61 Å².